The number of rotatable bonds is 4. The lowest BCUT2D eigenvalue weighted by Gasteiger charge is -2.09. The van der Waals surface area contributed by atoms with Crippen molar-refractivity contribution in [3.8, 4) is 34.3 Å². The standard InChI is InChI=1S/C20H16FN3O4/c1-3-27-15-7-5-4-6-12(15)18-22-19(28-23-18)16-17(25)13-10-11(21)8-9-14(13)24(2)20(16)26/h4-10,25H,3H2,1-2H3. The summed E-state index contributed by atoms with van der Waals surface area (Å²) >= 11 is 0. The summed E-state index contributed by atoms with van der Waals surface area (Å²) in [5.74, 6) is -0.337. The highest BCUT2D eigenvalue weighted by atomic mass is 19.1. The quantitative estimate of drug-likeness (QED) is 0.582. The lowest BCUT2D eigenvalue weighted by molar-refractivity contribution is 0.341. The van der Waals surface area contributed by atoms with E-state index in [4.69, 9.17) is 9.26 Å². The molecule has 0 aliphatic carbocycles. The minimum absolute atomic E-state index is 0.162. The molecule has 0 aliphatic heterocycles. The van der Waals surface area contributed by atoms with Crippen molar-refractivity contribution in [2.75, 3.05) is 6.61 Å². The predicted octanol–water partition coefficient (Wildman–Crippen LogP) is 3.50. The first kappa shape index (κ1) is 17.7. The summed E-state index contributed by atoms with van der Waals surface area (Å²) < 4.78 is 25.8. The van der Waals surface area contributed by atoms with Crippen LogP contribution in [0.15, 0.2) is 51.8 Å². The van der Waals surface area contributed by atoms with Crippen molar-refractivity contribution in [1.29, 1.82) is 0 Å². The molecule has 0 unspecified atom stereocenters. The first-order chi connectivity index (χ1) is 13.5. The Labute approximate surface area is 158 Å². The molecule has 2 aromatic carbocycles. The average Bonchev–Trinajstić information content (AvgIpc) is 3.16. The van der Waals surface area contributed by atoms with Gasteiger partial charge in [0.05, 0.1) is 17.7 Å². The second-order valence-corrected chi connectivity index (χ2v) is 6.10. The third-order valence-electron chi connectivity index (χ3n) is 4.40. The molecule has 1 N–H and O–H groups in total. The predicted molar refractivity (Wildman–Crippen MR) is 101 cm³/mol. The van der Waals surface area contributed by atoms with Crippen LogP contribution < -0.4 is 10.3 Å². The van der Waals surface area contributed by atoms with Gasteiger partial charge in [0.15, 0.2) is 0 Å². The molecular weight excluding hydrogens is 365 g/mol. The van der Waals surface area contributed by atoms with Crippen LogP contribution in [0.2, 0.25) is 0 Å². The Morgan fingerprint density at radius 3 is 2.82 bits per heavy atom. The highest BCUT2D eigenvalue weighted by Crippen LogP contribution is 2.34. The highest BCUT2D eigenvalue weighted by Gasteiger charge is 2.23. The van der Waals surface area contributed by atoms with E-state index in [1.807, 2.05) is 13.0 Å². The summed E-state index contributed by atoms with van der Waals surface area (Å²) in [6.07, 6.45) is 0. The van der Waals surface area contributed by atoms with Crippen molar-refractivity contribution in [2.45, 2.75) is 6.92 Å². The van der Waals surface area contributed by atoms with Gasteiger partial charge in [0, 0.05) is 12.4 Å². The molecule has 0 amide bonds. The van der Waals surface area contributed by atoms with Crippen LogP contribution in [-0.4, -0.2) is 26.4 Å². The Morgan fingerprint density at radius 1 is 1.25 bits per heavy atom. The number of fused-ring (bicyclic) bond motifs is 1. The van der Waals surface area contributed by atoms with Gasteiger partial charge >= 0.3 is 0 Å². The number of hydrogen-bond acceptors (Lipinski definition) is 6. The topological polar surface area (TPSA) is 90.4 Å². The van der Waals surface area contributed by atoms with Crippen LogP contribution >= 0.6 is 0 Å². The Kier molecular flexibility index (Phi) is 4.31. The largest absolute Gasteiger partial charge is 0.506 e. The van der Waals surface area contributed by atoms with Crippen molar-refractivity contribution in [1.82, 2.24) is 14.7 Å². The summed E-state index contributed by atoms with van der Waals surface area (Å²) in [6.45, 7) is 2.31. The van der Waals surface area contributed by atoms with Crippen LogP contribution in [0.1, 0.15) is 6.92 Å². The summed E-state index contributed by atoms with van der Waals surface area (Å²) in [7, 11) is 1.52. The van der Waals surface area contributed by atoms with Crippen molar-refractivity contribution in [3.63, 3.8) is 0 Å². The van der Waals surface area contributed by atoms with Gasteiger partial charge in [-0.3, -0.25) is 4.79 Å². The second-order valence-electron chi connectivity index (χ2n) is 6.10. The van der Waals surface area contributed by atoms with E-state index in [0.29, 0.717) is 23.4 Å². The lowest BCUT2D eigenvalue weighted by Crippen LogP contribution is -2.19. The third-order valence-corrected chi connectivity index (χ3v) is 4.40. The average molecular weight is 381 g/mol. The van der Waals surface area contributed by atoms with Crippen LogP contribution in [-0.2, 0) is 7.05 Å². The van der Waals surface area contributed by atoms with Crippen molar-refractivity contribution in [2.24, 2.45) is 7.05 Å². The highest BCUT2D eigenvalue weighted by molar-refractivity contribution is 5.91. The van der Waals surface area contributed by atoms with Gasteiger partial charge in [-0.2, -0.15) is 4.98 Å². The summed E-state index contributed by atoms with van der Waals surface area (Å²) in [5.41, 5.74) is 0.245. The van der Waals surface area contributed by atoms with E-state index in [2.05, 4.69) is 10.1 Å². The Balaban J connectivity index is 1.91. The van der Waals surface area contributed by atoms with Gasteiger partial charge in [-0.1, -0.05) is 17.3 Å². The van der Waals surface area contributed by atoms with Crippen molar-refractivity contribution >= 4 is 10.9 Å². The molecule has 2 heterocycles. The van der Waals surface area contributed by atoms with Gasteiger partial charge in [-0.25, -0.2) is 4.39 Å². The maximum absolute atomic E-state index is 13.7. The Morgan fingerprint density at radius 2 is 2.04 bits per heavy atom. The molecule has 0 fully saturated rings. The normalized spacial score (nSPS) is 11.1. The molecule has 0 atom stereocenters. The number of hydrogen-bond donors (Lipinski definition) is 1. The fraction of sp³-hybridized carbons (Fsp3) is 0.150. The number of aromatic nitrogens is 3. The van der Waals surface area contributed by atoms with Gasteiger partial charge in [-0.15, -0.1) is 0 Å². The van der Waals surface area contributed by atoms with Gasteiger partial charge < -0.3 is 18.9 Å². The van der Waals surface area contributed by atoms with Gasteiger partial charge in [0.2, 0.25) is 5.82 Å². The minimum atomic E-state index is -0.538. The van der Waals surface area contributed by atoms with Crippen molar-refractivity contribution in [3.05, 3.63) is 58.6 Å². The lowest BCUT2D eigenvalue weighted by atomic mass is 10.1. The van der Waals surface area contributed by atoms with Crippen LogP contribution in [0, 0.1) is 5.82 Å². The van der Waals surface area contributed by atoms with Gasteiger partial charge in [0.1, 0.15) is 22.9 Å². The molecule has 0 bridgehead atoms. The summed E-state index contributed by atoms with van der Waals surface area (Å²) in [6, 6.07) is 10.9. The number of nitrogens with zero attached hydrogens (tertiary/aromatic N) is 3. The molecule has 4 rings (SSSR count). The van der Waals surface area contributed by atoms with Gasteiger partial charge in [-0.05, 0) is 37.3 Å². The number of ether oxygens (including phenoxy) is 1. The van der Waals surface area contributed by atoms with E-state index in [1.54, 1.807) is 18.2 Å². The molecular formula is C20H16FN3O4. The number of pyridine rings is 1. The summed E-state index contributed by atoms with van der Waals surface area (Å²) in [5, 5.41) is 14.7. The molecule has 8 heteroatoms. The second kappa shape index (κ2) is 6.80. The first-order valence-electron chi connectivity index (χ1n) is 8.58. The van der Waals surface area contributed by atoms with Crippen molar-refractivity contribution < 1.29 is 18.8 Å². The van der Waals surface area contributed by atoms with Crippen LogP contribution in [0.4, 0.5) is 4.39 Å². The summed E-state index contributed by atoms with van der Waals surface area (Å²) in [4.78, 5) is 17.0. The molecule has 0 radical (unpaired) electrons. The minimum Gasteiger partial charge on any atom is -0.506 e. The SMILES string of the molecule is CCOc1ccccc1-c1noc(-c2c(O)c3cc(F)ccc3n(C)c2=O)n1. The third kappa shape index (κ3) is 2.79. The van der Waals surface area contributed by atoms with Gasteiger partial charge in [0.25, 0.3) is 11.4 Å². The molecule has 7 nitrogen and oxygen atoms in total. The zero-order valence-electron chi connectivity index (χ0n) is 15.1. The van der Waals surface area contributed by atoms with E-state index in [0.717, 1.165) is 6.07 Å². The number of aryl methyl sites for hydroxylation is 1. The number of benzene rings is 2. The molecule has 2 aromatic heterocycles. The van der Waals surface area contributed by atoms with E-state index >= 15 is 0 Å². The van der Waals surface area contributed by atoms with Crippen LogP contribution in [0.25, 0.3) is 33.7 Å². The van der Waals surface area contributed by atoms with E-state index in [1.165, 1.54) is 23.7 Å². The Bertz CT molecular complexity index is 1250. The molecule has 28 heavy (non-hydrogen) atoms. The molecule has 4 aromatic rings. The maximum atomic E-state index is 13.7. The zero-order chi connectivity index (χ0) is 19.8. The molecule has 0 spiro atoms. The molecule has 142 valence electrons. The fourth-order valence-corrected chi connectivity index (χ4v) is 3.06. The molecule has 0 aliphatic rings. The van der Waals surface area contributed by atoms with E-state index < -0.39 is 17.1 Å². The first-order valence-corrected chi connectivity index (χ1v) is 8.58. The number of para-hydroxylation sites is 1. The molecule has 0 saturated carbocycles. The van der Waals surface area contributed by atoms with E-state index in [-0.39, 0.29) is 22.7 Å². The number of aromatic hydroxyl groups is 1. The fourth-order valence-electron chi connectivity index (χ4n) is 3.06. The van der Waals surface area contributed by atoms with Crippen LogP contribution in [0.3, 0.4) is 0 Å². The molecule has 0 saturated heterocycles. The van der Waals surface area contributed by atoms with E-state index in [9.17, 15) is 14.3 Å². The zero-order valence-corrected chi connectivity index (χ0v) is 15.1. The Hall–Kier alpha value is -3.68. The number of halogens is 1. The smallest absolute Gasteiger partial charge is 0.267 e. The monoisotopic (exact) mass is 381 g/mol. The maximum Gasteiger partial charge on any atom is 0.267 e. The van der Waals surface area contributed by atoms with Crippen LogP contribution in [0.5, 0.6) is 11.5 Å².